The zero-order valence-corrected chi connectivity index (χ0v) is 20.5. The maximum Gasteiger partial charge on any atom is 0.473 e. The molecule has 0 aliphatic heterocycles. The molecule has 0 aromatic heterocycles. The number of rotatable bonds is 11. The number of carbonyl (C=O) groups excluding carboxylic acids is 2. The fraction of sp³-hybridized carbons (Fsp3) is 0.765. The van der Waals surface area contributed by atoms with Gasteiger partial charge in [-0.15, -0.1) is 0 Å². The highest BCUT2D eigenvalue weighted by Crippen LogP contribution is 2.52. The van der Waals surface area contributed by atoms with Gasteiger partial charge in [-0.2, -0.15) is 35.1 Å². The molecule has 1 unspecified atom stereocenters. The van der Waals surface area contributed by atoms with Gasteiger partial charge in [0, 0.05) is 19.1 Å². The van der Waals surface area contributed by atoms with Crippen molar-refractivity contribution in [3.05, 3.63) is 12.2 Å². The minimum Gasteiger partial charge on any atom is -0.460 e. The first kappa shape index (κ1) is 30.5. The van der Waals surface area contributed by atoms with E-state index in [0.717, 1.165) is 0 Å². The Morgan fingerprint density at radius 2 is 1.28 bits per heavy atom. The molecule has 0 saturated heterocycles. The van der Waals surface area contributed by atoms with E-state index in [4.69, 9.17) is 8.85 Å². The standard InChI is InChI=1S/C17H26F8O5Si2/c1-8-13(32(6,7)30-31(3,4)5)28-11(26)9-10-12(27)29-17(24,25)16(22,23)15(20,21)14(2,18)19/h9-10,13H,8H2,1-7H3. The lowest BCUT2D eigenvalue weighted by Crippen LogP contribution is -2.62. The quantitative estimate of drug-likeness (QED) is 0.156. The molecule has 0 N–H and O–H groups in total. The van der Waals surface area contributed by atoms with Gasteiger partial charge in [0.05, 0.1) is 0 Å². The SMILES string of the molecule is CCC(OC(=O)C=CC(=O)OC(F)(F)C(F)(F)C(F)(F)C(C)(F)F)[Si](C)(C)O[Si](C)(C)C. The van der Waals surface area contributed by atoms with Crippen LogP contribution in [0.25, 0.3) is 0 Å². The van der Waals surface area contributed by atoms with Crippen LogP contribution in [-0.4, -0.2) is 58.2 Å². The molecule has 1 atom stereocenters. The third kappa shape index (κ3) is 7.54. The first-order chi connectivity index (χ1) is 13.9. The molecular weight excluding hydrogens is 492 g/mol. The third-order valence-electron chi connectivity index (χ3n) is 3.87. The minimum atomic E-state index is -6.75. The molecule has 0 aliphatic carbocycles. The number of ether oxygens (including phenoxy) is 2. The Morgan fingerprint density at radius 3 is 1.66 bits per heavy atom. The van der Waals surface area contributed by atoms with Gasteiger partial charge in [-0.1, -0.05) is 6.92 Å². The van der Waals surface area contributed by atoms with Crippen LogP contribution in [0.5, 0.6) is 0 Å². The van der Waals surface area contributed by atoms with Gasteiger partial charge >= 0.3 is 35.8 Å². The zero-order chi connectivity index (χ0) is 26.0. The number of halogens is 8. The summed E-state index contributed by atoms with van der Waals surface area (Å²) < 4.78 is 119. The molecule has 188 valence electrons. The number of carbonyl (C=O) groups is 2. The summed E-state index contributed by atoms with van der Waals surface area (Å²) >= 11 is 0. The van der Waals surface area contributed by atoms with Crippen molar-refractivity contribution in [3.8, 4) is 0 Å². The van der Waals surface area contributed by atoms with Crippen LogP contribution in [0, 0.1) is 0 Å². The average Bonchev–Trinajstić information content (AvgIpc) is 2.53. The van der Waals surface area contributed by atoms with E-state index in [9.17, 15) is 44.7 Å². The minimum absolute atomic E-state index is 0.0742. The molecule has 0 radical (unpaired) electrons. The summed E-state index contributed by atoms with van der Waals surface area (Å²) in [5.74, 6) is -22.5. The van der Waals surface area contributed by atoms with Crippen LogP contribution >= 0.6 is 0 Å². The summed E-state index contributed by atoms with van der Waals surface area (Å²) in [6.07, 6.45) is -5.83. The van der Waals surface area contributed by atoms with Gasteiger partial charge in [0.2, 0.25) is 8.32 Å². The normalized spacial score (nSPS) is 15.6. The second-order valence-electron chi connectivity index (χ2n) is 8.46. The number of esters is 2. The zero-order valence-electron chi connectivity index (χ0n) is 18.5. The second-order valence-corrected chi connectivity index (χ2v) is 17.4. The van der Waals surface area contributed by atoms with Gasteiger partial charge in [0.15, 0.2) is 8.32 Å². The van der Waals surface area contributed by atoms with Gasteiger partial charge in [-0.3, -0.25) is 0 Å². The molecule has 0 aliphatic rings. The molecule has 5 nitrogen and oxygen atoms in total. The Balaban J connectivity index is 5.34. The highest BCUT2D eigenvalue weighted by atomic mass is 28.4. The lowest BCUT2D eigenvalue weighted by molar-refractivity contribution is -0.413. The van der Waals surface area contributed by atoms with E-state index >= 15 is 0 Å². The smallest absolute Gasteiger partial charge is 0.460 e. The molecule has 0 rings (SSSR count). The Bertz CT molecular complexity index is 715. The van der Waals surface area contributed by atoms with Gasteiger partial charge in [0.25, 0.3) is 0 Å². The van der Waals surface area contributed by atoms with Crippen molar-refractivity contribution >= 4 is 28.6 Å². The van der Waals surface area contributed by atoms with Crippen LogP contribution in [0.15, 0.2) is 12.2 Å². The van der Waals surface area contributed by atoms with Gasteiger partial charge in [-0.25, -0.2) is 9.59 Å². The summed E-state index contributed by atoms with van der Waals surface area (Å²) in [5, 5.41) is 0. The maximum absolute atomic E-state index is 13.4. The lowest BCUT2D eigenvalue weighted by atomic mass is 10.1. The molecule has 0 saturated carbocycles. The van der Waals surface area contributed by atoms with Crippen molar-refractivity contribution in [1.82, 2.24) is 0 Å². The predicted molar refractivity (Wildman–Crippen MR) is 103 cm³/mol. The predicted octanol–water partition coefficient (Wildman–Crippen LogP) is 5.52. The van der Waals surface area contributed by atoms with E-state index in [1.165, 1.54) is 0 Å². The van der Waals surface area contributed by atoms with Gasteiger partial charge in [0.1, 0.15) is 5.73 Å². The van der Waals surface area contributed by atoms with E-state index in [0.29, 0.717) is 6.42 Å². The van der Waals surface area contributed by atoms with Crippen LogP contribution in [0.2, 0.25) is 32.7 Å². The first-order valence-corrected chi connectivity index (χ1v) is 15.6. The summed E-state index contributed by atoms with van der Waals surface area (Å²) in [5.41, 5.74) is -0.723. The number of hydrogen-bond acceptors (Lipinski definition) is 5. The Labute approximate surface area is 182 Å². The second kappa shape index (κ2) is 9.79. The largest absolute Gasteiger partial charge is 0.473 e. The van der Waals surface area contributed by atoms with Crippen LogP contribution in [0.1, 0.15) is 20.3 Å². The van der Waals surface area contributed by atoms with Crippen LogP contribution in [0.3, 0.4) is 0 Å². The fourth-order valence-corrected chi connectivity index (χ4v) is 10.8. The molecule has 0 aromatic rings. The van der Waals surface area contributed by atoms with Gasteiger partial charge < -0.3 is 13.6 Å². The van der Waals surface area contributed by atoms with Crippen molar-refractivity contribution in [2.75, 3.05) is 0 Å². The molecular formula is C17H26F8O5Si2. The number of hydrogen-bond donors (Lipinski definition) is 0. The van der Waals surface area contributed by atoms with E-state index in [-0.39, 0.29) is 12.2 Å². The van der Waals surface area contributed by atoms with Crippen molar-refractivity contribution in [1.29, 1.82) is 0 Å². The Morgan fingerprint density at radius 1 is 0.844 bits per heavy atom. The fourth-order valence-electron chi connectivity index (χ4n) is 2.57. The first-order valence-electron chi connectivity index (χ1n) is 9.24. The summed E-state index contributed by atoms with van der Waals surface area (Å²) in [6.45, 7) is 10.2. The van der Waals surface area contributed by atoms with Crippen LogP contribution < -0.4 is 0 Å². The molecule has 0 bridgehead atoms. The maximum atomic E-state index is 13.4. The highest BCUT2D eigenvalue weighted by Gasteiger charge is 2.81. The molecule has 0 fully saturated rings. The van der Waals surface area contributed by atoms with E-state index in [1.54, 1.807) is 20.0 Å². The van der Waals surface area contributed by atoms with E-state index in [1.807, 2.05) is 19.6 Å². The summed E-state index contributed by atoms with van der Waals surface area (Å²) in [7, 11) is -4.62. The average molecular weight is 519 g/mol. The molecule has 32 heavy (non-hydrogen) atoms. The third-order valence-corrected chi connectivity index (χ3v) is 10.5. The molecule has 0 spiro atoms. The van der Waals surface area contributed by atoms with Gasteiger partial charge in [-0.05, 0) is 39.2 Å². The Hall–Kier alpha value is -1.49. The van der Waals surface area contributed by atoms with Crippen molar-refractivity contribution < 1.29 is 58.3 Å². The highest BCUT2D eigenvalue weighted by molar-refractivity contribution is 6.84. The molecule has 15 heteroatoms. The Kier molecular flexibility index (Phi) is 9.33. The number of alkyl halides is 8. The van der Waals surface area contributed by atoms with Crippen molar-refractivity contribution in [2.24, 2.45) is 0 Å². The van der Waals surface area contributed by atoms with Crippen LogP contribution in [-0.2, 0) is 23.2 Å². The molecule has 0 heterocycles. The van der Waals surface area contributed by atoms with Crippen molar-refractivity contribution in [3.63, 3.8) is 0 Å². The summed E-state index contributed by atoms with van der Waals surface area (Å²) in [6, 6.07) is 0. The van der Waals surface area contributed by atoms with Crippen molar-refractivity contribution in [2.45, 2.75) is 82.6 Å². The van der Waals surface area contributed by atoms with E-state index < -0.39 is 65.1 Å². The lowest BCUT2D eigenvalue weighted by Gasteiger charge is -2.36. The topological polar surface area (TPSA) is 61.8 Å². The summed E-state index contributed by atoms with van der Waals surface area (Å²) in [4.78, 5) is 23.2. The molecule has 0 amide bonds. The molecule has 0 aromatic carbocycles. The van der Waals surface area contributed by atoms with E-state index in [2.05, 4.69) is 4.74 Å². The monoisotopic (exact) mass is 518 g/mol. The van der Waals surface area contributed by atoms with Crippen LogP contribution in [0.4, 0.5) is 35.1 Å².